The summed E-state index contributed by atoms with van der Waals surface area (Å²) in [4.78, 5) is 4.38. The van der Waals surface area contributed by atoms with E-state index in [1.165, 1.54) is 11.8 Å². The second kappa shape index (κ2) is 9.35. The van der Waals surface area contributed by atoms with E-state index in [2.05, 4.69) is 15.2 Å². The minimum absolute atomic E-state index is 0.317. The molecule has 1 aromatic heterocycles. The summed E-state index contributed by atoms with van der Waals surface area (Å²) in [5, 5.41) is 8.37. The van der Waals surface area contributed by atoms with Crippen LogP contribution in [0.1, 0.15) is 5.82 Å². The third kappa shape index (κ3) is 5.57. The zero-order chi connectivity index (χ0) is 18.2. The van der Waals surface area contributed by atoms with Gasteiger partial charge in [0.2, 0.25) is 5.16 Å². The Kier molecular flexibility index (Phi) is 6.62. The predicted molar refractivity (Wildman–Crippen MR) is 101 cm³/mol. The first-order valence-electron chi connectivity index (χ1n) is 7.92. The van der Waals surface area contributed by atoms with E-state index in [0.717, 1.165) is 23.0 Å². The minimum Gasteiger partial charge on any atom is -0.497 e. The minimum atomic E-state index is 0.317. The van der Waals surface area contributed by atoms with Gasteiger partial charge in [0.15, 0.2) is 5.82 Å². The number of thioether (sulfide) groups is 1. The quantitative estimate of drug-likeness (QED) is 0.435. The molecule has 8 heteroatoms. The molecular weight excluding hydrogens is 374 g/mol. The van der Waals surface area contributed by atoms with E-state index >= 15 is 0 Å². The summed E-state index contributed by atoms with van der Waals surface area (Å²) in [7, 11) is 1.64. The van der Waals surface area contributed by atoms with Crippen LogP contribution in [-0.2, 0) is 6.61 Å². The fourth-order valence-electron chi connectivity index (χ4n) is 2.05. The topological polar surface area (TPSA) is 69.3 Å². The van der Waals surface area contributed by atoms with Crippen molar-refractivity contribution < 1.29 is 14.2 Å². The highest BCUT2D eigenvalue weighted by atomic mass is 35.5. The molecule has 0 aliphatic heterocycles. The highest BCUT2D eigenvalue weighted by Crippen LogP contribution is 2.19. The van der Waals surface area contributed by atoms with Crippen molar-refractivity contribution >= 4 is 23.4 Å². The van der Waals surface area contributed by atoms with E-state index in [1.807, 2.05) is 36.4 Å². The molecule has 0 bridgehead atoms. The molecule has 2 aromatic carbocycles. The van der Waals surface area contributed by atoms with Crippen molar-refractivity contribution in [3.63, 3.8) is 0 Å². The van der Waals surface area contributed by atoms with Gasteiger partial charge in [-0.25, -0.2) is 4.98 Å². The average molecular weight is 392 g/mol. The highest BCUT2D eigenvalue weighted by molar-refractivity contribution is 7.99. The van der Waals surface area contributed by atoms with E-state index in [4.69, 9.17) is 25.8 Å². The maximum absolute atomic E-state index is 5.84. The number of methoxy groups -OCH3 is 1. The van der Waals surface area contributed by atoms with Crippen molar-refractivity contribution in [1.29, 1.82) is 0 Å². The summed E-state index contributed by atoms with van der Waals surface area (Å²) in [5.74, 6) is 3.74. The zero-order valence-electron chi connectivity index (χ0n) is 14.1. The van der Waals surface area contributed by atoms with Gasteiger partial charge < -0.3 is 14.2 Å². The highest BCUT2D eigenvalue weighted by Gasteiger charge is 2.05. The first-order valence-corrected chi connectivity index (χ1v) is 9.28. The van der Waals surface area contributed by atoms with Crippen molar-refractivity contribution in [2.24, 2.45) is 0 Å². The molecule has 0 fully saturated rings. The van der Waals surface area contributed by atoms with Crippen molar-refractivity contribution in [2.45, 2.75) is 11.8 Å². The molecular formula is C18H18ClN3O3S. The number of aromatic amines is 1. The van der Waals surface area contributed by atoms with Crippen LogP contribution in [0.4, 0.5) is 0 Å². The van der Waals surface area contributed by atoms with Gasteiger partial charge in [-0.3, -0.25) is 5.10 Å². The van der Waals surface area contributed by atoms with Crippen LogP contribution in [-0.4, -0.2) is 34.7 Å². The Bertz CT molecular complexity index is 809. The molecule has 0 aliphatic rings. The molecule has 0 aliphatic carbocycles. The van der Waals surface area contributed by atoms with Crippen LogP contribution in [0.5, 0.6) is 17.2 Å². The fraction of sp³-hybridized carbons (Fsp3) is 0.222. The summed E-state index contributed by atoms with van der Waals surface area (Å²) < 4.78 is 16.4. The van der Waals surface area contributed by atoms with E-state index in [9.17, 15) is 0 Å². The van der Waals surface area contributed by atoms with Gasteiger partial charge in [-0.05, 0) is 48.5 Å². The van der Waals surface area contributed by atoms with Crippen molar-refractivity contribution in [1.82, 2.24) is 15.2 Å². The smallest absolute Gasteiger partial charge is 0.208 e. The molecule has 0 atom stereocenters. The van der Waals surface area contributed by atoms with Gasteiger partial charge in [-0.2, -0.15) is 0 Å². The number of hydrogen-bond donors (Lipinski definition) is 1. The van der Waals surface area contributed by atoms with Gasteiger partial charge in [0, 0.05) is 10.8 Å². The summed E-state index contributed by atoms with van der Waals surface area (Å²) >= 11 is 7.36. The van der Waals surface area contributed by atoms with Gasteiger partial charge in [-0.15, -0.1) is 5.10 Å². The largest absolute Gasteiger partial charge is 0.497 e. The number of benzene rings is 2. The summed E-state index contributed by atoms with van der Waals surface area (Å²) in [5.41, 5.74) is 0. The molecule has 0 amide bonds. The van der Waals surface area contributed by atoms with E-state index in [0.29, 0.717) is 29.2 Å². The van der Waals surface area contributed by atoms with Gasteiger partial charge in [0.05, 0.1) is 13.7 Å². The number of H-pyrrole nitrogens is 1. The van der Waals surface area contributed by atoms with Crippen molar-refractivity contribution in [2.75, 3.05) is 19.5 Å². The molecule has 3 rings (SSSR count). The number of halogens is 1. The summed E-state index contributed by atoms with van der Waals surface area (Å²) in [6.07, 6.45) is 0. The predicted octanol–water partition coefficient (Wildman–Crippen LogP) is 4.22. The lowest BCUT2D eigenvalue weighted by Crippen LogP contribution is -2.00. The Hall–Kier alpha value is -2.38. The number of ether oxygens (including phenoxy) is 3. The number of nitrogens with one attached hydrogen (secondary N) is 1. The Morgan fingerprint density at radius 2 is 1.62 bits per heavy atom. The Balaban J connectivity index is 1.38. The van der Waals surface area contributed by atoms with E-state index in [-0.39, 0.29) is 0 Å². The molecule has 0 saturated heterocycles. The normalized spacial score (nSPS) is 10.5. The van der Waals surface area contributed by atoms with Gasteiger partial charge >= 0.3 is 0 Å². The molecule has 26 heavy (non-hydrogen) atoms. The van der Waals surface area contributed by atoms with Crippen LogP contribution < -0.4 is 14.2 Å². The van der Waals surface area contributed by atoms with Crippen LogP contribution in [0.15, 0.2) is 53.7 Å². The second-order valence-corrected chi connectivity index (χ2v) is 6.68. The Labute approximate surface area is 160 Å². The molecule has 6 nitrogen and oxygen atoms in total. The first-order chi connectivity index (χ1) is 12.7. The fourth-order valence-corrected chi connectivity index (χ4v) is 2.81. The van der Waals surface area contributed by atoms with Crippen LogP contribution in [0, 0.1) is 0 Å². The van der Waals surface area contributed by atoms with Gasteiger partial charge in [-0.1, -0.05) is 23.4 Å². The van der Waals surface area contributed by atoms with E-state index in [1.54, 1.807) is 19.2 Å². The number of nitrogens with zero attached hydrogens (tertiary/aromatic N) is 2. The summed E-state index contributed by atoms with van der Waals surface area (Å²) in [6.45, 7) is 0.875. The van der Waals surface area contributed by atoms with Crippen LogP contribution in [0.25, 0.3) is 0 Å². The molecule has 1 heterocycles. The maximum Gasteiger partial charge on any atom is 0.208 e. The molecule has 1 N–H and O–H groups in total. The molecule has 3 aromatic rings. The average Bonchev–Trinajstić information content (AvgIpc) is 3.13. The Morgan fingerprint density at radius 1 is 0.962 bits per heavy atom. The maximum atomic E-state index is 5.84. The first kappa shape index (κ1) is 18.4. The van der Waals surface area contributed by atoms with Crippen LogP contribution in [0.3, 0.4) is 0 Å². The lowest BCUT2D eigenvalue weighted by atomic mass is 10.3. The number of aromatic nitrogens is 3. The van der Waals surface area contributed by atoms with Crippen LogP contribution >= 0.6 is 23.4 Å². The lowest BCUT2D eigenvalue weighted by molar-refractivity contribution is 0.296. The monoisotopic (exact) mass is 391 g/mol. The molecule has 0 unspecified atom stereocenters. The SMILES string of the molecule is COc1ccc(OCCSc2n[nH]c(COc3ccc(Cl)cc3)n2)cc1. The van der Waals surface area contributed by atoms with Crippen molar-refractivity contribution in [3.8, 4) is 17.2 Å². The van der Waals surface area contributed by atoms with Crippen LogP contribution in [0.2, 0.25) is 5.02 Å². The Morgan fingerprint density at radius 3 is 2.35 bits per heavy atom. The standard InChI is InChI=1S/C18H18ClN3O3S/c1-23-14-6-8-15(9-7-14)24-10-11-26-18-20-17(21-22-18)12-25-16-4-2-13(19)3-5-16/h2-9H,10-12H2,1H3,(H,20,21,22). The van der Waals surface area contributed by atoms with Crippen molar-refractivity contribution in [3.05, 3.63) is 59.4 Å². The van der Waals surface area contributed by atoms with E-state index < -0.39 is 0 Å². The number of hydrogen-bond acceptors (Lipinski definition) is 6. The van der Waals surface area contributed by atoms with Gasteiger partial charge in [0.1, 0.15) is 23.9 Å². The number of rotatable bonds is 9. The molecule has 0 radical (unpaired) electrons. The lowest BCUT2D eigenvalue weighted by Gasteiger charge is -2.05. The van der Waals surface area contributed by atoms with Gasteiger partial charge in [0.25, 0.3) is 0 Å². The molecule has 0 saturated carbocycles. The second-order valence-electron chi connectivity index (χ2n) is 5.18. The molecule has 0 spiro atoms. The molecule has 136 valence electrons. The zero-order valence-corrected chi connectivity index (χ0v) is 15.7. The third-order valence-electron chi connectivity index (χ3n) is 3.34. The third-order valence-corrected chi connectivity index (χ3v) is 4.41. The summed E-state index contributed by atoms with van der Waals surface area (Å²) in [6, 6.07) is 14.7.